The minimum atomic E-state index is -0.299. The van der Waals surface area contributed by atoms with E-state index < -0.39 is 0 Å². The Morgan fingerprint density at radius 3 is 2.52 bits per heavy atom. The first kappa shape index (κ1) is 15.7. The highest BCUT2D eigenvalue weighted by Gasteiger charge is 2.24. The summed E-state index contributed by atoms with van der Waals surface area (Å²) in [6, 6.07) is 20.2. The fraction of sp³-hybridized carbons (Fsp3) is 0.150. The number of anilines is 2. The SMILES string of the molecule is Cc1sc(C2=COC(Cc3ccccc3)O2)nc1Nc1ccccc1. The van der Waals surface area contributed by atoms with Gasteiger partial charge in [0.1, 0.15) is 12.1 Å². The molecule has 0 saturated heterocycles. The maximum atomic E-state index is 5.93. The van der Waals surface area contributed by atoms with E-state index in [0.29, 0.717) is 12.2 Å². The lowest BCUT2D eigenvalue weighted by Gasteiger charge is -2.11. The molecular weight excluding hydrogens is 332 g/mol. The van der Waals surface area contributed by atoms with Crippen LogP contribution in [-0.2, 0) is 15.9 Å². The van der Waals surface area contributed by atoms with Crippen LogP contribution >= 0.6 is 11.3 Å². The number of nitrogens with one attached hydrogen (secondary N) is 1. The van der Waals surface area contributed by atoms with Gasteiger partial charge >= 0.3 is 0 Å². The molecular formula is C20H18N2O2S. The fourth-order valence-electron chi connectivity index (χ4n) is 2.61. The second-order valence-corrected chi connectivity index (χ2v) is 6.97. The Hall–Kier alpha value is -2.79. The van der Waals surface area contributed by atoms with Crippen molar-refractivity contribution in [3.8, 4) is 0 Å². The number of rotatable bonds is 5. The van der Waals surface area contributed by atoms with E-state index in [9.17, 15) is 0 Å². The zero-order chi connectivity index (χ0) is 17.1. The number of nitrogens with zero attached hydrogens (tertiary/aromatic N) is 1. The molecule has 3 aromatic rings. The summed E-state index contributed by atoms with van der Waals surface area (Å²) in [7, 11) is 0. The van der Waals surface area contributed by atoms with E-state index in [-0.39, 0.29) is 6.29 Å². The van der Waals surface area contributed by atoms with Crippen molar-refractivity contribution in [1.82, 2.24) is 4.98 Å². The number of ether oxygens (including phenoxy) is 2. The predicted molar refractivity (Wildman–Crippen MR) is 101 cm³/mol. The summed E-state index contributed by atoms with van der Waals surface area (Å²) in [4.78, 5) is 5.77. The molecule has 4 nitrogen and oxygen atoms in total. The lowest BCUT2D eigenvalue weighted by Crippen LogP contribution is -2.11. The molecule has 0 aliphatic carbocycles. The third-order valence-corrected chi connectivity index (χ3v) is 4.86. The van der Waals surface area contributed by atoms with Gasteiger partial charge in [0.2, 0.25) is 6.29 Å². The van der Waals surface area contributed by atoms with E-state index in [1.165, 1.54) is 5.56 Å². The Bertz CT molecular complexity index is 875. The molecule has 1 unspecified atom stereocenters. The summed E-state index contributed by atoms with van der Waals surface area (Å²) >= 11 is 1.59. The van der Waals surface area contributed by atoms with Crippen molar-refractivity contribution in [1.29, 1.82) is 0 Å². The van der Waals surface area contributed by atoms with Crippen molar-refractivity contribution in [3.05, 3.63) is 82.4 Å². The predicted octanol–water partition coefficient (Wildman–Crippen LogP) is 5.11. The zero-order valence-electron chi connectivity index (χ0n) is 13.8. The van der Waals surface area contributed by atoms with Gasteiger partial charge in [-0.05, 0) is 24.6 Å². The first-order valence-corrected chi connectivity index (χ1v) is 8.96. The van der Waals surface area contributed by atoms with Gasteiger partial charge in [-0.1, -0.05) is 48.5 Å². The molecule has 1 atom stereocenters. The smallest absolute Gasteiger partial charge is 0.244 e. The van der Waals surface area contributed by atoms with Gasteiger partial charge in [0.25, 0.3) is 0 Å². The lowest BCUT2D eigenvalue weighted by molar-refractivity contribution is -0.0136. The van der Waals surface area contributed by atoms with E-state index >= 15 is 0 Å². The van der Waals surface area contributed by atoms with Crippen molar-refractivity contribution in [2.75, 3.05) is 5.32 Å². The first-order chi connectivity index (χ1) is 12.3. The van der Waals surface area contributed by atoms with Crippen LogP contribution in [0.3, 0.4) is 0 Å². The molecule has 1 aliphatic rings. The molecule has 1 aromatic heterocycles. The van der Waals surface area contributed by atoms with Crippen molar-refractivity contribution in [2.45, 2.75) is 19.6 Å². The van der Waals surface area contributed by atoms with E-state index in [1.807, 2.05) is 55.5 Å². The summed E-state index contributed by atoms with van der Waals surface area (Å²) in [5, 5.41) is 4.17. The second-order valence-electron chi connectivity index (χ2n) is 5.77. The van der Waals surface area contributed by atoms with Gasteiger partial charge in [0.05, 0.1) is 0 Å². The number of thiazole rings is 1. The number of hydrogen-bond donors (Lipinski definition) is 1. The first-order valence-electron chi connectivity index (χ1n) is 8.14. The summed E-state index contributed by atoms with van der Waals surface area (Å²) in [5.41, 5.74) is 2.20. The quantitative estimate of drug-likeness (QED) is 0.694. The van der Waals surface area contributed by atoms with Gasteiger partial charge in [-0.2, -0.15) is 0 Å². The molecule has 0 amide bonds. The molecule has 0 bridgehead atoms. The molecule has 1 N–H and O–H groups in total. The third-order valence-electron chi connectivity index (χ3n) is 3.87. The Labute approximate surface area is 150 Å². The number of para-hydroxylation sites is 1. The minimum Gasteiger partial charge on any atom is -0.458 e. The molecule has 4 rings (SSSR count). The van der Waals surface area contributed by atoms with E-state index in [1.54, 1.807) is 17.6 Å². The normalized spacial score (nSPS) is 16.0. The minimum absolute atomic E-state index is 0.299. The van der Waals surface area contributed by atoms with Crippen LogP contribution in [0, 0.1) is 6.92 Å². The average molecular weight is 350 g/mol. The molecule has 2 heterocycles. The number of aromatic nitrogens is 1. The molecule has 0 saturated carbocycles. The van der Waals surface area contributed by atoms with Crippen molar-refractivity contribution < 1.29 is 9.47 Å². The Kier molecular flexibility index (Phi) is 4.39. The van der Waals surface area contributed by atoms with Gasteiger partial charge in [0, 0.05) is 17.0 Å². The molecule has 0 radical (unpaired) electrons. The fourth-order valence-corrected chi connectivity index (χ4v) is 3.43. The van der Waals surface area contributed by atoms with Gasteiger partial charge in [-0.15, -0.1) is 11.3 Å². The standard InChI is InChI=1S/C20H18N2O2S/c1-14-19(21-16-10-6-3-7-11-16)22-20(25-14)17-13-23-18(24-17)12-15-8-4-2-5-9-15/h2-11,13,18,21H,12H2,1H3. The maximum absolute atomic E-state index is 5.93. The van der Waals surface area contributed by atoms with Crippen LogP contribution in [0.25, 0.3) is 5.76 Å². The average Bonchev–Trinajstić information content (AvgIpc) is 3.24. The molecule has 0 spiro atoms. The number of hydrogen-bond acceptors (Lipinski definition) is 5. The third kappa shape index (κ3) is 3.67. The maximum Gasteiger partial charge on any atom is 0.244 e. The van der Waals surface area contributed by atoms with Crippen LogP contribution < -0.4 is 5.32 Å². The highest BCUT2D eigenvalue weighted by molar-refractivity contribution is 7.13. The van der Waals surface area contributed by atoms with Crippen LogP contribution in [0.15, 0.2) is 66.9 Å². The Morgan fingerprint density at radius 2 is 1.76 bits per heavy atom. The van der Waals surface area contributed by atoms with Gasteiger partial charge < -0.3 is 14.8 Å². The molecule has 126 valence electrons. The largest absolute Gasteiger partial charge is 0.458 e. The number of benzene rings is 2. The summed E-state index contributed by atoms with van der Waals surface area (Å²) in [6.45, 7) is 2.05. The van der Waals surface area contributed by atoms with E-state index in [4.69, 9.17) is 9.47 Å². The molecule has 0 fully saturated rings. The van der Waals surface area contributed by atoms with Crippen molar-refractivity contribution in [2.24, 2.45) is 0 Å². The summed E-state index contributed by atoms with van der Waals surface area (Å²) < 4.78 is 11.6. The molecule has 25 heavy (non-hydrogen) atoms. The van der Waals surface area contributed by atoms with Crippen LogP contribution in [-0.4, -0.2) is 11.3 Å². The van der Waals surface area contributed by atoms with Gasteiger partial charge in [0.15, 0.2) is 10.8 Å². The topological polar surface area (TPSA) is 43.4 Å². The molecule has 2 aromatic carbocycles. The summed E-state index contributed by atoms with van der Waals surface area (Å²) in [5.74, 6) is 1.54. The van der Waals surface area contributed by atoms with Crippen molar-refractivity contribution in [3.63, 3.8) is 0 Å². The molecule has 5 heteroatoms. The highest BCUT2D eigenvalue weighted by atomic mass is 32.1. The zero-order valence-corrected chi connectivity index (χ0v) is 14.6. The van der Waals surface area contributed by atoms with E-state index in [2.05, 4.69) is 22.4 Å². The number of aryl methyl sites for hydroxylation is 1. The van der Waals surface area contributed by atoms with Gasteiger partial charge in [-0.25, -0.2) is 4.98 Å². The van der Waals surface area contributed by atoms with Crippen LogP contribution in [0.5, 0.6) is 0 Å². The summed E-state index contributed by atoms with van der Waals surface area (Å²) in [6.07, 6.45) is 2.07. The van der Waals surface area contributed by atoms with Crippen LogP contribution in [0.2, 0.25) is 0 Å². The van der Waals surface area contributed by atoms with Crippen LogP contribution in [0.1, 0.15) is 15.4 Å². The Balaban J connectivity index is 1.43. The van der Waals surface area contributed by atoms with E-state index in [0.717, 1.165) is 21.4 Å². The van der Waals surface area contributed by atoms with Crippen LogP contribution in [0.4, 0.5) is 11.5 Å². The van der Waals surface area contributed by atoms with Crippen molar-refractivity contribution >= 4 is 28.6 Å². The Morgan fingerprint density at radius 1 is 1.04 bits per heavy atom. The molecule has 1 aliphatic heterocycles. The lowest BCUT2D eigenvalue weighted by atomic mass is 10.1. The highest BCUT2D eigenvalue weighted by Crippen LogP contribution is 2.33. The van der Waals surface area contributed by atoms with Gasteiger partial charge in [-0.3, -0.25) is 0 Å². The second kappa shape index (κ2) is 6.99. The monoisotopic (exact) mass is 350 g/mol.